The average Bonchev–Trinajstić information content (AvgIpc) is 2.27. The largest absolute Gasteiger partial charge is 0.361 e. The third-order valence-electron chi connectivity index (χ3n) is 2.00. The standard InChI is InChI=1S/C11H17N3S/c1-2-15-11(13)14-8-10-5-3-9(7-12)4-6-10/h3-6H,2,7-8,12H2,1H3,(H2,13,14). The van der Waals surface area contributed by atoms with E-state index in [1.54, 1.807) is 0 Å². The number of hydrogen-bond donors (Lipinski definition) is 3. The van der Waals surface area contributed by atoms with E-state index in [0.29, 0.717) is 18.3 Å². The minimum absolute atomic E-state index is 0.528. The Hall–Kier alpha value is -1.00. The van der Waals surface area contributed by atoms with E-state index in [1.807, 2.05) is 31.2 Å². The molecule has 4 heteroatoms. The Morgan fingerprint density at radius 1 is 1.33 bits per heavy atom. The predicted octanol–water partition coefficient (Wildman–Crippen LogP) is 1.92. The normalized spacial score (nSPS) is 10.0. The molecule has 0 saturated carbocycles. The highest BCUT2D eigenvalue weighted by Gasteiger charge is 1.96. The van der Waals surface area contributed by atoms with E-state index in [9.17, 15) is 0 Å². The number of nitrogens with two attached hydrogens (primary N) is 1. The van der Waals surface area contributed by atoms with Crippen LogP contribution in [-0.2, 0) is 13.1 Å². The molecular weight excluding hydrogens is 206 g/mol. The summed E-state index contributed by atoms with van der Waals surface area (Å²) in [5.41, 5.74) is 7.82. The van der Waals surface area contributed by atoms with Crippen LogP contribution < -0.4 is 11.1 Å². The molecule has 0 aliphatic carbocycles. The first-order valence-electron chi connectivity index (χ1n) is 4.99. The Bertz CT molecular complexity index is 308. The summed E-state index contributed by atoms with van der Waals surface area (Å²) in [4.78, 5) is 0. The van der Waals surface area contributed by atoms with Gasteiger partial charge in [-0.15, -0.1) is 0 Å². The van der Waals surface area contributed by atoms with Crippen molar-refractivity contribution in [3.05, 3.63) is 35.4 Å². The average molecular weight is 223 g/mol. The van der Waals surface area contributed by atoms with Gasteiger partial charge in [0, 0.05) is 13.1 Å². The summed E-state index contributed by atoms with van der Waals surface area (Å²) in [5.74, 6) is 0.929. The van der Waals surface area contributed by atoms with E-state index < -0.39 is 0 Å². The molecule has 82 valence electrons. The molecule has 0 aliphatic rings. The number of nitrogens with one attached hydrogen (secondary N) is 2. The quantitative estimate of drug-likeness (QED) is 0.540. The lowest BCUT2D eigenvalue weighted by Crippen LogP contribution is -2.18. The van der Waals surface area contributed by atoms with Gasteiger partial charge in [-0.25, -0.2) is 0 Å². The van der Waals surface area contributed by atoms with Gasteiger partial charge in [-0.1, -0.05) is 43.0 Å². The maximum Gasteiger partial charge on any atom is 0.153 e. The third kappa shape index (κ3) is 4.36. The van der Waals surface area contributed by atoms with Crippen LogP contribution in [-0.4, -0.2) is 10.9 Å². The number of hydrogen-bond acceptors (Lipinski definition) is 3. The zero-order valence-corrected chi connectivity index (χ0v) is 9.73. The summed E-state index contributed by atoms with van der Waals surface area (Å²) in [7, 11) is 0. The highest BCUT2D eigenvalue weighted by atomic mass is 32.2. The van der Waals surface area contributed by atoms with Gasteiger partial charge in [0.2, 0.25) is 0 Å². The molecule has 0 unspecified atom stereocenters. The van der Waals surface area contributed by atoms with Gasteiger partial charge in [-0.05, 0) is 16.9 Å². The van der Waals surface area contributed by atoms with Crippen molar-refractivity contribution in [2.45, 2.75) is 20.0 Å². The molecule has 3 nitrogen and oxygen atoms in total. The van der Waals surface area contributed by atoms with Crippen molar-refractivity contribution in [1.29, 1.82) is 5.41 Å². The molecular formula is C11H17N3S. The Labute approximate surface area is 95.0 Å². The van der Waals surface area contributed by atoms with Gasteiger partial charge in [0.1, 0.15) is 0 Å². The van der Waals surface area contributed by atoms with Crippen LogP contribution in [0, 0.1) is 5.41 Å². The van der Waals surface area contributed by atoms with E-state index in [0.717, 1.165) is 11.3 Å². The first kappa shape index (κ1) is 12.1. The molecule has 0 atom stereocenters. The lowest BCUT2D eigenvalue weighted by molar-refractivity contribution is 0.919. The molecule has 0 spiro atoms. The van der Waals surface area contributed by atoms with Gasteiger partial charge in [-0.3, -0.25) is 5.41 Å². The maximum absolute atomic E-state index is 7.55. The molecule has 1 aromatic rings. The smallest absolute Gasteiger partial charge is 0.153 e. The number of rotatable bonds is 4. The van der Waals surface area contributed by atoms with Crippen LogP contribution in [0.4, 0.5) is 0 Å². The van der Waals surface area contributed by atoms with Crippen LogP contribution in [0.1, 0.15) is 18.1 Å². The first-order valence-corrected chi connectivity index (χ1v) is 5.98. The molecule has 0 aliphatic heterocycles. The first-order chi connectivity index (χ1) is 7.26. The van der Waals surface area contributed by atoms with Crippen molar-refractivity contribution in [3.63, 3.8) is 0 Å². The van der Waals surface area contributed by atoms with Crippen molar-refractivity contribution >= 4 is 16.9 Å². The van der Waals surface area contributed by atoms with Crippen LogP contribution in [0.5, 0.6) is 0 Å². The Morgan fingerprint density at radius 2 is 1.93 bits per heavy atom. The SMILES string of the molecule is CCSC(=N)NCc1ccc(CN)cc1. The van der Waals surface area contributed by atoms with Gasteiger partial charge in [0.25, 0.3) is 0 Å². The van der Waals surface area contributed by atoms with Gasteiger partial charge in [-0.2, -0.15) is 0 Å². The van der Waals surface area contributed by atoms with Crippen LogP contribution >= 0.6 is 11.8 Å². The monoisotopic (exact) mass is 223 g/mol. The summed E-state index contributed by atoms with van der Waals surface area (Å²) in [6.45, 7) is 3.32. The van der Waals surface area contributed by atoms with Crippen molar-refractivity contribution < 1.29 is 0 Å². The fourth-order valence-electron chi connectivity index (χ4n) is 1.17. The zero-order valence-electron chi connectivity index (χ0n) is 8.92. The molecule has 0 fully saturated rings. The molecule has 0 heterocycles. The summed E-state index contributed by atoms with van der Waals surface area (Å²) in [6.07, 6.45) is 0. The number of amidine groups is 1. The Balaban J connectivity index is 2.40. The highest BCUT2D eigenvalue weighted by Crippen LogP contribution is 2.04. The minimum atomic E-state index is 0.528. The lowest BCUT2D eigenvalue weighted by atomic mass is 10.1. The van der Waals surface area contributed by atoms with Crippen molar-refractivity contribution in [3.8, 4) is 0 Å². The second-order valence-electron chi connectivity index (χ2n) is 3.14. The lowest BCUT2D eigenvalue weighted by Gasteiger charge is -2.06. The highest BCUT2D eigenvalue weighted by molar-refractivity contribution is 8.13. The van der Waals surface area contributed by atoms with E-state index in [2.05, 4.69) is 5.32 Å². The van der Waals surface area contributed by atoms with Gasteiger partial charge >= 0.3 is 0 Å². The molecule has 1 rings (SSSR count). The fourth-order valence-corrected chi connectivity index (χ4v) is 1.63. The van der Waals surface area contributed by atoms with E-state index in [-0.39, 0.29) is 0 Å². The third-order valence-corrected chi connectivity index (χ3v) is 2.72. The number of benzene rings is 1. The van der Waals surface area contributed by atoms with Crippen LogP contribution in [0.2, 0.25) is 0 Å². The van der Waals surface area contributed by atoms with Gasteiger partial charge < -0.3 is 11.1 Å². The van der Waals surface area contributed by atoms with Crippen LogP contribution in [0.25, 0.3) is 0 Å². The summed E-state index contributed by atoms with van der Waals surface area (Å²) < 4.78 is 0. The topological polar surface area (TPSA) is 61.9 Å². The molecule has 0 amide bonds. The fraction of sp³-hybridized carbons (Fsp3) is 0.364. The van der Waals surface area contributed by atoms with Gasteiger partial charge in [0.15, 0.2) is 5.17 Å². The second kappa shape index (κ2) is 6.48. The van der Waals surface area contributed by atoms with E-state index in [4.69, 9.17) is 11.1 Å². The maximum atomic E-state index is 7.55. The van der Waals surface area contributed by atoms with Crippen LogP contribution in [0.3, 0.4) is 0 Å². The number of thioether (sulfide) groups is 1. The van der Waals surface area contributed by atoms with Crippen molar-refractivity contribution in [2.75, 3.05) is 5.75 Å². The summed E-state index contributed by atoms with van der Waals surface area (Å²) in [6, 6.07) is 8.12. The molecule has 0 radical (unpaired) electrons. The second-order valence-corrected chi connectivity index (χ2v) is 4.41. The molecule has 4 N–H and O–H groups in total. The molecule has 15 heavy (non-hydrogen) atoms. The molecule has 0 saturated heterocycles. The minimum Gasteiger partial charge on any atom is -0.361 e. The van der Waals surface area contributed by atoms with Gasteiger partial charge in [0.05, 0.1) is 0 Å². The van der Waals surface area contributed by atoms with Crippen molar-refractivity contribution in [1.82, 2.24) is 5.32 Å². The van der Waals surface area contributed by atoms with E-state index in [1.165, 1.54) is 17.3 Å². The Kier molecular flexibility index (Phi) is 5.21. The van der Waals surface area contributed by atoms with E-state index >= 15 is 0 Å². The Morgan fingerprint density at radius 3 is 2.47 bits per heavy atom. The molecule has 0 aromatic heterocycles. The predicted molar refractivity (Wildman–Crippen MR) is 67.0 cm³/mol. The summed E-state index contributed by atoms with van der Waals surface area (Å²) >= 11 is 1.51. The summed E-state index contributed by atoms with van der Waals surface area (Å²) in [5, 5.41) is 11.1. The molecule has 1 aromatic carbocycles. The van der Waals surface area contributed by atoms with Crippen molar-refractivity contribution in [2.24, 2.45) is 5.73 Å². The van der Waals surface area contributed by atoms with Crippen LogP contribution in [0.15, 0.2) is 24.3 Å². The zero-order chi connectivity index (χ0) is 11.1. The molecule has 0 bridgehead atoms.